The number of hydrogen-bond donors (Lipinski definition) is 0. The van der Waals surface area contributed by atoms with E-state index in [2.05, 4.69) is 159 Å². The molecule has 4 nitrogen and oxygen atoms in total. The lowest BCUT2D eigenvalue weighted by Gasteiger charge is -2.27. The number of thiocarbonyl (C=S) groups is 1. The number of allylic oxidation sites excluding steroid dienone is 8. The Bertz CT molecular complexity index is 2250. The van der Waals surface area contributed by atoms with Gasteiger partial charge in [-0.15, -0.1) is 0 Å². The predicted molar refractivity (Wildman–Crippen MR) is 241 cm³/mol. The highest BCUT2D eigenvalue weighted by atomic mass is 32.2. The highest BCUT2D eigenvalue weighted by Gasteiger charge is 2.45. The maximum absolute atomic E-state index is 12.7. The monoisotopic (exact) mass is 766 g/mol. The molecule has 3 aliphatic rings. The van der Waals surface area contributed by atoms with Gasteiger partial charge in [-0.2, -0.15) is 4.58 Å². The van der Waals surface area contributed by atoms with E-state index in [9.17, 15) is 4.79 Å². The van der Waals surface area contributed by atoms with Crippen LogP contribution in [-0.4, -0.2) is 50.8 Å². The SMILES string of the molecule is CCCCC[N+]1=C(C=CC=CC=CC=C2N(CCCCCC(=O)N3CCSC3=S)c3ccc4ccccc4c3C2(C)C)C(C)(C)c2c1ccc1ccccc21. The van der Waals surface area contributed by atoms with Gasteiger partial charge < -0.3 is 4.90 Å². The molecule has 1 amide bonds. The van der Waals surface area contributed by atoms with Crippen LogP contribution in [0.1, 0.15) is 90.7 Å². The summed E-state index contributed by atoms with van der Waals surface area (Å²) in [5, 5.41) is 5.27. The zero-order valence-electron chi connectivity index (χ0n) is 33.3. The van der Waals surface area contributed by atoms with Crippen molar-refractivity contribution in [3.63, 3.8) is 0 Å². The van der Waals surface area contributed by atoms with Crippen LogP contribution in [0, 0.1) is 0 Å². The molecule has 0 radical (unpaired) electrons. The van der Waals surface area contributed by atoms with Crippen LogP contribution in [0.3, 0.4) is 0 Å². The molecule has 0 aromatic heterocycles. The summed E-state index contributed by atoms with van der Waals surface area (Å²) in [6.45, 7) is 14.5. The second kappa shape index (κ2) is 16.9. The highest BCUT2D eigenvalue weighted by molar-refractivity contribution is 8.23. The number of amides is 1. The molecule has 1 fully saturated rings. The Labute approximate surface area is 338 Å². The summed E-state index contributed by atoms with van der Waals surface area (Å²) in [5.41, 5.74) is 7.90. The number of thioether (sulfide) groups is 1. The van der Waals surface area contributed by atoms with E-state index in [0.29, 0.717) is 6.42 Å². The molecule has 0 saturated carbocycles. The van der Waals surface area contributed by atoms with E-state index in [4.69, 9.17) is 12.2 Å². The van der Waals surface area contributed by atoms with Crippen LogP contribution in [0.15, 0.2) is 121 Å². The van der Waals surface area contributed by atoms with Gasteiger partial charge in [0.15, 0.2) is 5.71 Å². The second-order valence-corrected chi connectivity index (χ2v) is 17.9. The molecule has 1 saturated heterocycles. The molecule has 6 heteroatoms. The third-order valence-corrected chi connectivity index (χ3v) is 13.2. The van der Waals surface area contributed by atoms with E-state index in [1.165, 1.54) is 74.7 Å². The first kappa shape index (κ1) is 39.0. The normalized spacial score (nSPS) is 18.4. The van der Waals surface area contributed by atoms with Gasteiger partial charge in [0.1, 0.15) is 10.9 Å². The molecule has 4 aromatic carbocycles. The zero-order valence-corrected chi connectivity index (χ0v) is 34.9. The minimum absolute atomic E-state index is 0.0975. The Kier molecular flexibility index (Phi) is 11.9. The molecule has 284 valence electrons. The number of nitrogens with zero attached hydrogens (tertiary/aromatic N) is 3. The second-order valence-electron chi connectivity index (χ2n) is 16.2. The number of fused-ring (bicyclic) bond motifs is 6. The van der Waals surface area contributed by atoms with Crippen molar-refractivity contribution in [3.05, 3.63) is 132 Å². The lowest BCUT2D eigenvalue weighted by Crippen LogP contribution is -2.30. The average molecular weight is 767 g/mol. The Morgan fingerprint density at radius 3 is 2.20 bits per heavy atom. The summed E-state index contributed by atoms with van der Waals surface area (Å²) in [5.74, 6) is 1.10. The molecule has 7 rings (SSSR count). The van der Waals surface area contributed by atoms with Gasteiger partial charge in [0.2, 0.25) is 11.6 Å². The van der Waals surface area contributed by atoms with Crippen LogP contribution < -0.4 is 4.90 Å². The predicted octanol–water partition coefficient (Wildman–Crippen LogP) is 12.3. The molecular weight excluding hydrogens is 711 g/mol. The first-order chi connectivity index (χ1) is 26.6. The van der Waals surface area contributed by atoms with E-state index >= 15 is 0 Å². The number of rotatable bonds is 14. The van der Waals surface area contributed by atoms with Gasteiger partial charge in [-0.1, -0.05) is 143 Å². The smallest absolute Gasteiger partial charge is 0.228 e. The van der Waals surface area contributed by atoms with Crippen molar-refractivity contribution < 1.29 is 9.37 Å². The summed E-state index contributed by atoms with van der Waals surface area (Å²) in [4.78, 5) is 17.1. The lowest BCUT2D eigenvalue weighted by molar-refractivity contribution is -0.438. The van der Waals surface area contributed by atoms with Gasteiger partial charge in [0.25, 0.3) is 0 Å². The number of hydrogen-bond acceptors (Lipinski definition) is 4. The van der Waals surface area contributed by atoms with Crippen molar-refractivity contribution in [2.24, 2.45) is 0 Å². The Morgan fingerprint density at radius 1 is 0.782 bits per heavy atom. The van der Waals surface area contributed by atoms with Crippen molar-refractivity contribution in [2.75, 3.05) is 30.3 Å². The summed E-state index contributed by atoms with van der Waals surface area (Å²) in [7, 11) is 0. The van der Waals surface area contributed by atoms with Crippen molar-refractivity contribution in [1.82, 2.24) is 4.90 Å². The summed E-state index contributed by atoms with van der Waals surface area (Å²) in [6.07, 6.45) is 22.6. The van der Waals surface area contributed by atoms with Crippen LogP contribution in [-0.2, 0) is 15.6 Å². The van der Waals surface area contributed by atoms with Gasteiger partial charge in [0, 0.05) is 66.2 Å². The van der Waals surface area contributed by atoms with Crippen molar-refractivity contribution >= 4 is 72.8 Å². The third-order valence-electron chi connectivity index (χ3n) is 11.8. The van der Waals surface area contributed by atoms with Gasteiger partial charge in [-0.3, -0.25) is 9.69 Å². The van der Waals surface area contributed by atoms with E-state index in [1.807, 2.05) is 0 Å². The fourth-order valence-electron chi connectivity index (χ4n) is 9.04. The minimum atomic E-state index is -0.158. The molecule has 0 aliphatic carbocycles. The summed E-state index contributed by atoms with van der Waals surface area (Å²) in [6, 6.07) is 26.8. The molecule has 3 heterocycles. The molecule has 55 heavy (non-hydrogen) atoms. The van der Waals surface area contributed by atoms with E-state index in [0.717, 1.165) is 49.0 Å². The molecule has 0 atom stereocenters. The fourth-order valence-corrected chi connectivity index (χ4v) is 10.3. The maximum atomic E-state index is 12.7. The van der Waals surface area contributed by atoms with E-state index < -0.39 is 0 Å². The average Bonchev–Trinajstić information content (AvgIpc) is 3.78. The topological polar surface area (TPSA) is 26.6 Å². The number of unbranched alkanes of at least 4 members (excludes halogenated alkanes) is 4. The largest absolute Gasteiger partial charge is 0.344 e. The molecular formula is C49H56N3OS2+. The third kappa shape index (κ3) is 7.78. The number of anilines is 1. The quantitative estimate of drug-likeness (QED) is 0.0553. The molecule has 0 unspecified atom stereocenters. The Balaban J connectivity index is 1.08. The molecule has 0 bridgehead atoms. The number of benzene rings is 4. The van der Waals surface area contributed by atoms with Gasteiger partial charge in [0.05, 0.1) is 5.41 Å². The summed E-state index contributed by atoms with van der Waals surface area (Å²) < 4.78 is 3.31. The molecule has 0 N–H and O–H groups in total. The standard InChI is InChI=1S/C49H56N3OS2/c1-6-7-19-32-50-40-30-28-36-21-15-17-23-38(36)45(40)48(2,3)42(50)25-12-9-8-10-13-26-43-49(4,5)46-39-24-18-16-22-37(39)29-31-41(46)51(43)33-20-11-14-27-44(53)52-34-35-55-47(52)54/h8-10,12-13,15-18,21-26,28-31H,6-7,11,14,19-20,27,32-35H2,1-5H3/q+1. The van der Waals surface area contributed by atoms with Gasteiger partial charge in [-0.25, -0.2) is 0 Å². The molecule has 3 aliphatic heterocycles. The fraction of sp³-hybridized carbons (Fsp3) is 0.367. The van der Waals surface area contributed by atoms with Crippen LogP contribution >= 0.6 is 24.0 Å². The van der Waals surface area contributed by atoms with Crippen molar-refractivity contribution in [2.45, 2.75) is 90.4 Å². The Hall–Kier alpha value is -4.26. The lowest BCUT2D eigenvalue weighted by atomic mass is 9.79. The van der Waals surface area contributed by atoms with Crippen LogP contribution in [0.5, 0.6) is 0 Å². The van der Waals surface area contributed by atoms with Gasteiger partial charge >= 0.3 is 0 Å². The number of carbonyl (C=O) groups excluding carboxylic acids is 1. The van der Waals surface area contributed by atoms with E-state index in [1.54, 1.807) is 16.7 Å². The maximum Gasteiger partial charge on any atom is 0.228 e. The van der Waals surface area contributed by atoms with Crippen molar-refractivity contribution in [3.8, 4) is 0 Å². The molecule has 4 aromatic rings. The van der Waals surface area contributed by atoms with Crippen LogP contribution in [0.4, 0.5) is 11.4 Å². The first-order valence-electron chi connectivity index (χ1n) is 20.3. The molecule has 0 spiro atoms. The van der Waals surface area contributed by atoms with Crippen LogP contribution in [0.25, 0.3) is 21.5 Å². The Morgan fingerprint density at radius 2 is 1.47 bits per heavy atom. The summed E-state index contributed by atoms with van der Waals surface area (Å²) >= 11 is 6.99. The van der Waals surface area contributed by atoms with E-state index in [-0.39, 0.29) is 16.7 Å². The number of carbonyl (C=O) groups is 1. The minimum Gasteiger partial charge on any atom is -0.344 e. The zero-order chi connectivity index (χ0) is 38.6. The first-order valence-corrected chi connectivity index (χ1v) is 21.7. The van der Waals surface area contributed by atoms with Gasteiger partial charge in [-0.05, 0) is 78.4 Å². The highest BCUT2D eigenvalue weighted by Crippen LogP contribution is 2.51. The van der Waals surface area contributed by atoms with Crippen LogP contribution in [0.2, 0.25) is 0 Å². The van der Waals surface area contributed by atoms with Crippen molar-refractivity contribution in [1.29, 1.82) is 0 Å².